The highest BCUT2D eigenvalue weighted by molar-refractivity contribution is 5.69. The number of imidazole rings is 1. The molecule has 2 heteroatoms. The number of hydrogen-bond donors (Lipinski definition) is 0. The van der Waals surface area contributed by atoms with Crippen molar-refractivity contribution in [2.24, 2.45) is 0 Å². The lowest BCUT2D eigenvalue weighted by molar-refractivity contribution is -0.699. The molecule has 0 bridgehead atoms. The summed E-state index contributed by atoms with van der Waals surface area (Å²) < 4.78 is 14.7. The van der Waals surface area contributed by atoms with Gasteiger partial charge in [0.15, 0.2) is 17.4 Å². The van der Waals surface area contributed by atoms with E-state index in [1.54, 1.807) is 0 Å². The molecule has 30 heavy (non-hydrogen) atoms. The zero-order valence-electron chi connectivity index (χ0n) is 19.4. The molecule has 5 rings (SSSR count). The van der Waals surface area contributed by atoms with Gasteiger partial charge in [-0.2, -0.15) is 4.57 Å². The Morgan fingerprint density at radius 2 is 1.47 bits per heavy atom. The predicted molar refractivity (Wildman–Crippen MR) is 123 cm³/mol. The minimum absolute atomic E-state index is 0.172. The summed E-state index contributed by atoms with van der Waals surface area (Å²) >= 11 is 0. The van der Waals surface area contributed by atoms with Crippen molar-refractivity contribution in [1.29, 1.82) is 0 Å². The van der Waals surface area contributed by atoms with Crippen molar-refractivity contribution in [3.63, 3.8) is 0 Å². The fourth-order valence-corrected chi connectivity index (χ4v) is 4.84. The van der Waals surface area contributed by atoms with Gasteiger partial charge in [-0.3, -0.25) is 0 Å². The monoisotopic (exact) mass is 394 g/mol. The van der Waals surface area contributed by atoms with E-state index in [1.165, 1.54) is 16.9 Å². The molecule has 1 aromatic heterocycles. The SMILES string of the molecule is [2H]C1(c2ccccc2)c2ccccc2-c2c(C)n(-c3ccccc3C)c(C(C)(C)C)[n+]21. The Morgan fingerprint density at radius 1 is 0.833 bits per heavy atom. The molecule has 0 N–H and O–H groups in total. The van der Waals surface area contributed by atoms with Gasteiger partial charge in [0, 0.05) is 23.6 Å². The molecule has 1 aliphatic heterocycles. The van der Waals surface area contributed by atoms with E-state index in [2.05, 4.69) is 104 Å². The number of benzene rings is 3. The molecule has 2 heterocycles. The molecule has 150 valence electrons. The van der Waals surface area contributed by atoms with Crippen LogP contribution in [-0.2, 0) is 5.41 Å². The summed E-state index contributed by atoms with van der Waals surface area (Å²) in [7, 11) is 0. The molecule has 1 atom stereocenters. The minimum atomic E-state index is -1.02. The van der Waals surface area contributed by atoms with Crippen LogP contribution in [-0.4, -0.2) is 4.57 Å². The molecule has 0 fully saturated rings. The van der Waals surface area contributed by atoms with Crippen molar-refractivity contribution in [2.75, 3.05) is 0 Å². The van der Waals surface area contributed by atoms with Crippen molar-refractivity contribution >= 4 is 0 Å². The zero-order valence-corrected chi connectivity index (χ0v) is 18.4. The van der Waals surface area contributed by atoms with Gasteiger partial charge in [0.2, 0.25) is 0 Å². The molecule has 0 aliphatic carbocycles. The number of para-hydroxylation sites is 1. The topological polar surface area (TPSA) is 8.81 Å². The van der Waals surface area contributed by atoms with Crippen molar-refractivity contribution < 1.29 is 5.94 Å². The summed E-state index contributed by atoms with van der Waals surface area (Å²) in [6.07, 6.45) is 0. The molecule has 0 amide bonds. The first kappa shape index (κ1) is 17.7. The number of hydrogen-bond acceptors (Lipinski definition) is 0. The molecule has 1 aliphatic rings. The highest BCUT2D eigenvalue weighted by atomic mass is 15.2. The molecule has 0 saturated carbocycles. The third kappa shape index (κ3) is 2.67. The fraction of sp³-hybridized carbons (Fsp3) is 0.250. The Balaban J connectivity index is 1.98. The lowest BCUT2D eigenvalue weighted by atomic mass is 9.92. The van der Waals surface area contributed by atoms with Gasteiger partial charge in [-0.1, -0.05) is 72.8 Å². The van der Waals surface area contributed by atoms with Crippen LogP contribution in [0.1, 0.15) is 56.4 Å². The smallest absolute Gasteiger partial charge is 0.215 e. The molecule has 0 radical (unpaired) electrons. The summed E-state index contributed by atoms with van der Waals surface area (Å²) in [6.45, 7) is 11.1. The number of aromatic nitrogens is 2. The first-order valence-electron chi connectivity index (χ1n) is 11.2. The van der Waals surface area contributed by atoms with Gasteiger partial charge < -0.3 is 0 Å². The van der Waals surface area contributed by atoms with E-state index in [-0.39, 0.29) is 5.41 Å². The molecule has 0 saturated heterocycles. The normalized spacial score (nSPS) is 18.1. The third-order valence-electron chi connectivity index (χ3n) is 6.06. The number of rotatable bonds is 2. The van der Waals surface area contributed by atoms with E-state index in [9.17, 15) is 1.37 Å². The molecular formula is C28H29N2+. The Labute approximate surface area is 180 Å². The van der Waals surface area contributed by atoms with Crippen LogP contribution in [0.25, 0.3) is 16.9 Å². The standard InChI is InChI=1S/C28H29N2/c1-19-13-9-12-18-24(19)29-20(2)25-22-16-10-11-17-23(22)26(21-14-7-6-8-15-21)30(25)27(29)28(3,4)5/h6-18,26H,1-5H3/q+1/i26D. The number of nitrogens with zero attached hydrogens (tertiary/aromatic N) is 2. The number of fused-ring (bicyclic) bond motifs is 3. The highest BCUT2D eigenvalue weighted by Crippen LogP contribution is 2.43. The average molecular weight is 395 g/mol. The number of aryl methyl sites for hydroxylation is 1. The van der Waals surface area contributed by atoms with Crippen LogP contribution < -0.4 is 4.57 Å². The van der Waals surface area contributed by atoms with Gasteiger partial charge in [-0.05, 0) is 39.3 Å². The second kappa shape index (κ2) is 6.70. The van der Waals surface area contributed by atoms with Gasteiger partial charge in [0.1, 0.15) is 5.69 Å². The molecule has 2 nitrogen and oxygen atoms in total. The van der Waals surface area contributed by atoms with Crippen molar-refractivity contribution in [3.05, 3.63) is 107 Å². The van der Waals surface area contributed by atoms with Gasteiger partial charge in [-0.25, -0.2) is 4.57 Å². The Morgan fingerprint density at radius 3 is 2.17 bits per heavy atom. The van der Waals surface area contributed by atoms with Gasteiger partial charge in [0.05, 0.1) is 6.79 Å². The Bertz CT molecular complexity index is 1290. The summed E-state index contributed by atoms with van der Waals surface area (Å²) in [5.74, 6) is 1.14. The van der Waals surface area contributed by atoms with Crippen LogP contribution in [0.3, 0.4) is 0 Å². The van der Waals surface area contributed by atoms with E-state index >= 15 is 0 Å². The molecule has 4 aromatic rings. The summed E-state index contributed by atoms with van der Waals surface area (Å²) in [4.78, 5) is 0. The lowest BCUT2D eigenvalue weighted by Crippen LogP contribution is -2.46. The summed E-state index contributed by atoms with van der Waals surface area (Å²) in [6, 6.07) is 26.2. The maximum atomic E-state index is 9.98. The lowest BCUT2D eigenvalue weighted by Gasteiger charge is -2.21. The van der Waals surface area contributed by atoms with E-state index in [0.29, 0.717) is 0 Å². The van der Waals surface area contributed by atoms with Crippen molar-refractivity contribution in [2.45, 2.75) is 46.1 Å². The van der Waals surface area contributed by atoms with Crippen molar-refractivity contribution in [1.82, 2.24) is 4.57 Å². The fourth-order valence-electron chi connectivity index (χ4n) is 4.84. The van der Waals surface area contributed by atoms with Gasteiger partial charge in [0.25, 0.3) is 5.82 Å². The first-order chi connectivity index (χ1) is 14.8. The van der Waals surface area contributed by atoms with Crippen LogP contribution in [0.5, 0.6) is 0 Å². The molecule has 3 aromatic carbocycles. The van der Waals surface area contributed by atoms with E-state index in [4.69, 9.17) is 0 Å². The summed E-state index contributed by atoms with van der Waals surface area (Å²) in [5.41, 5.74) is 7.74. The third-order valence-corrected chi connectivity index (χ3v) is 6.06. The van der Waals surface area contributed by atoms with E-state index < -0.39 is 6.02 Å². The maximum absolute atomic E-state index is 9.98. The van der Waals surface area contributed by atoms with Crippen molar-refractivity contribution in [3.8, 4) is 16.9 Å². The maximum Gasteiger partial charge on any atom is 0.268 e. The molecule has 1 unspecified atom stereocenters. The molecular weight excluding hydrogens is 364 g/mol. The van der Waals surface area contributed by atoms with Crippen LogP contribution in [0, 0.1) is 13.8 Å². The first-order valence-corrected chi connectivity index (χ1v) is 10.7. The van der Waals surface area contributed by atoms with Crippen LogP contribution in [0.2, 0.25) is 0 Å². The van der Waals surface area contributed by atoms with E-state index in [1.807, 2.05) is 18.2 Å². The van der Waals surface area contributed by atoms with E-state index in [0.717, 1.165) is 28.2 Å². The Kier molecular flexibility index (Phi) is 3.95. The average Bonchev–Trinajstić information content (AvgIpc) is 3.21. The zero-order chi connectivity index (χ0) is 22.0. The van der Waals surface area contributed by atoms with Crippen LogP contribution in [0.15, 0.2) is 78.9 Å². The summed E-state index contributed by atoms with van der Waals surface area (Å²) in [5, 5.41) is 0. The molecule has 0 spiro atoms. The van der Waals surface area contributed by atoms with Crippen LogP contribution in [0.4, 0.5) is 0 Å². The van der Waals surface area contributed by atoms with Gasteiger partial charge >= 0.3 is 0 Å². The Hall–Kier alpha value is -3.13. The largest absolute Gasteiger partial charge is 0.268 e. The minimum Gasteiger partial charge on any atom is -0.215 e. The predicted octanol–water partition coefficient (Wildman–Crippen LogP) is 6.30. The highest BCUT2D eigenvalue weighted by Gasteiger charge is 2.46. The van der Waals surface area contributed by atoms with Gasteiger partial charge in [-0.15, -0.1) is 0 Å². The second-order valence-corrected chi connectivity index (χ2v) is 9.23. The second-order valence-electron chi connectivity index (χ2n) is 9.23. The van der Waals surface area contributed by atoms with Crippen LogP contribution >= 0.6 is 0 Å². The quantitative estimate of drug-likeness (QED) is 0.353.